The van der Waals surface area contributed by atoms with E-state index in [4.69, 9.17) is 15.3 Å². The summed E-state index contributed by atoms with van der Waals surface area (Å²) in [6.45, 7) is 7.71. The van der Waals surface area contributed by atoms with Crippen LogP contribution in [0.5, 0.6) is 0 Å². The molecule has 12 nitrogen and oxygen atoms in total. The number of thiazole rings is 1. The summed E-state index contributed by atoms with van der Waals surface area (Å²) in [6, 6.07) is 0. The number of esters is 1. The number of anilines is 1. The zero-order chi connectivity index (χ0) is 23.3. The number of hydrogen-bond acceptors (Lipinski definition) is 12. The molecule has 0 fully saturated rings. The Labute approximate surface area is 190 Å². The first-order valence-electron chi connectivity index (χ1n) is 8.40. The molecule has 0 aliphatic heterocycles. The molecular formula is C16H25ClN4O8S2. The largest absolute Gasteiger partial charge is 1.00 e. The highest BCUT2D eigenvalue weighted by Crippen LogP contribution is 2.19. The molecule has 0 aliphatic carbocycles. The van der Waals surface area contributed by atoms with Crippen LogP contribution in [0.3, 0.4) is 0 Å². The van der Waals surface area contributed by atoms with Crippen molar-refractivity contribution in [1.29, 1.82) is 0 Å². The summed E-state index contributed by atoms with van der Waals surface area (Å²) in [5.74, 6) is -2.21. The number of nitrogens with zero attached hydrogens (tertiary/aromatic N) is 3. The van der Waals surface area contributed by atoms with Gasteiger partial charge in [0.2, 0.25) is 11.3 Å². The number of rotatable bonds is 8. The normalized spacial score (nSPS) is 12.3. The van der Waals surface area contributed by atoms with Gasteiger partial charge in [0.25, 0.3) is 0 Å². The van der Waals surface area contributed by atoms with Gasteiger partial charge in [0.15, 0.2) is 5.13 Å². The van der Waals surface area contributed by atoms with Gasteiger partial charge in [0.1, 0.15) is 25.4 Å². The van der Waals surface area contributed by atoms with Crippen LogP contribution >= 0.6 is 11.3 Å². The first-order chi connectivity index (χ1) is 13.5. The highest BCUT2D eigenvalue weighted by molar-refractivity contribution is 7.82. The molecular weight excluding hydrogens is 476 g/mol. The molecule has 1 aromatic rings. The number of carbonyl (C=O) groups is 2. The third kappa shape index (κ3) is 9.93. The topological polar surface area (TPSA) is 159 Å². The maximum atomic E-state index is 12.4. The van der Waals surface area contributed by atoms with Gasteiger partial charge >= 0.3 is 28.7 Å². The summed E-state index contributed by atoms with van der Waals surface area (Å²) >= 11 is 0.967. The molecule has 15 heteroatoms. The van der Waals surface area contributed by atoms with E-state index in [-0.39, 0.29) is 23.2 Å². The lowest BCUT2D eigenvalue weighted by Gasteiger charge is -2.26. The van der Waals surface area contributed by atoms with Crippen LogP contribution in [0.2, 0.25) is 0 Å². The van der Waals surface area contributed by atoms with Crippen molar-refractivity contribution in [3.05, 3.63) is 11.1 Å². The van der Waals surface area contributed by atoms with E-state index in [1.54, 1.807) is 20.8 Å². The quantitative estimate of drug-likeness (QED) is 0.135. The van der Waals surface area contributed by atoms with Gasteiger partial charge in [-0.15, -0.1) is 19.8 Å². The molecule has 31 heavy (non-hydrogen) atoms. The van der Waals surface area contributed by atoms with Gasteiger partial charge in [-0.3, -0.25) is 4.18 Å². The second-order valence-corrected chi connectivity index (χ2v) is 9.62. The fourth-order valence-corrected chi connectivity index (χ4v) is 2.60. The number of halogens is 1. The Hall–Kier alpha value is -2.45. The van der Waals surface area contributed by atoms with E-state index in [2.05, 4.69) is 18.5 Å². The molecule has 0 aromatic carbocycles. The van der Waals surface area contributed by atoms with Gasteiger partial charge in [-0.2, -0.15) is 0 Å². The Morgan fingerprint density at radius 2 is 1.81 bits per heavy atom. The van der Waals surface area contributed by atoms with Crippen molar-refractivity contribution in [3.63, 3.8) is 0 Å². The first-order valence-corrected chi connectivity index (χ1v) is 10.6. The number of carbonyl (C=O) groups excluding carboxylic acids is 2. The van der Waals surface area contributed by atoms with Gasteiger partial charge in [0, 0.05) is 5.38 Å². The van der Waals surface area contributed by atoms with E-state index < -0.39 is 39.3 Å². The van der Waals surface area contributed by atoms with Crippen molar-refractivity contribution in [2.45, 2.75) is 45.8 Å². The Morgan fingerprint density at radius 3 is 2.26 bits per heavy atom. The highest BCUT2D eigenvalue weighted by atomic mass is 35.5. The number of nitrogen functional groups attached to an aromatic ring is 1. The lowest BCUT2D eigenvalue weighted by atomic mass is 10.1. The van der Waals surface area contributed by atoms with Gasteiger partial charge in [0.05, 0.1) is 0 Å². The molecule has 0 amide bonds. The van der Waals surface area contributed by atoms with Crippen LogP contribution < -0.4 is 18.1 Å². The van der Waals surface area contributed by atoms with Gasteiger partial charge < -0.3 is 31.9 Å². The van der Waals surface area contributed by atoms with Crippen molar-refractivity contribution in [1.82, 2.24) is 4.98 Å². The third-order valence-corrected chi connectivity index (χ3v) is 4.11. The molecule has 1 heterocycles. The molecule has 0 spiro atoms. The van der Waals surface area contributed by atoms with E-state index >= 15 is 0 Å². The minimum absolute atomic E-state index is 0. The van der Waals surface area contributed by atoms with Crippen LogP contribution in [0.25, 0.3) is 0 Å². The lowest BCUT2D eigenvalue weighted by molar-refractivity contribution is -0.466. The third-order valence-electron chi connectivity index (χ3n) is 2.76. The van der Waals surface area contributed by atoms with Crippen molar-refractivity contribution in [3.8, 4) is 0 Å². The zero-order valence-electron chi connectivity index (χ0n) is 18.0. The molecule has 0 unspecified atom stereocenters. The predicted molar refractivity (Wildman–Crippen MR) is 108 cm³/mol. The van der Waals surface area contributed by atoms with Crippen LogP contribution in [0.1, 0.15) is 40.3 Å². The molecule has 176 valence electrons. The van der Waals surface area contributed by atoms with Crippen LogP contribution in [-0.4, -0.2) is 67.3 Å². The molecule has 0 bridgehead atoms. The summed E-state index contributed by atoms with van der Waals surface area (Å²) in [4.78, 5) is 33.7. The van der Waals surface area contributed by atoms with Gasteiger partial charge in [-0.05, 0) is 34.6 Å². The first kappa shape index (κ1) is 28.5. The van der Waals surface area contributed by atoms with E-state index in [9.17, 15) is 18.0 Å². The summed E-state index contributed by atoms with van der Waals surface area (Å²) in [7, 11) is -1.76. The number of ether oxygens (including phenoxy) is 1. The standard InChI is InChI=1S/C16H25N4O8S2.ClH/c1-15(2,3)26-13(22)16(4,5)28-19-11(10-8-29-14(17)18-10)12(21)27-30(23,24)25-9-20(6)7;/h8-9H,1-7H3,(H2,17,18);1H/q+1;/p-1/b19-11-;. The van der Waals surface area contributed by atoms with Crippen LogP contribution in [0, 0.1) is 0 Å². The number of nitrogens with two attached hydrogens (primary N) is 1. The molecule has 0 saturated heterocycles. The smallest absolute Gasteiger partial charge is 0.508 e. The summed E-state index contributed by atoms with van der Waals surface area (Å²) < 4.78 is 38.9. The van der Waals surface area contributed by atoms with Gasteiger partial charge in [-0.25, -0.2) is 19.1 Å². The summed E-state index contributed by atoms with van der Waals surface area (Å²) in [5, 5.41) is 5.01. The average molecular weight is 501 g/mol. The highest BCUT2D eigenvalue weighted by Gasteiger charge is 2.36. The predicted octanol–water partition coefficient (Wildman–Crippen LogP) is -2.32. The van der Waals surface area contributed by atoms with Crippen molar-refractivity contribution < 1.29 is 52.9 Å². The van der Waals surface area contributed by atoms with Crippen molar-refractivity contribution >= 4 is 50.9 Å². The van der Waals surface area contributed by atoms with E-state index in [1.807, 2.05) is 0 Å². The van der Waals surface area contributed by atoms with E-state index in [0.29, 0.717) is 0 Å². The second kappa shape index (κ2) is 10.7. The van der Waals surface area contributed by atoms with Crippen molar-refractivity contribution in [2.24, 2.45) is 5.16 Å². The maximum Gasteiger partial charge on any atom is 0.508 e. The minimum Gasteiger partial charge on any atom is -1.00 e. The lowest BCUT2D eigenvalue weighted by Crippen LogP contribution is -3.00. The van der Waals surface area contributed by atoms with Gasteiger partial charge in [-0.1, -0.05) is 5.16 Å². The zero-order valence-corrected chi connectivity index (χ0v) is 20.4. The van der Waals surface area contributed by atoms with Crippen LogP contribution in [-0.2, 0) is 37.9 Å². The molecule has 0 atom stereocenters. The SMILES string of the molecule is C[N+](C)=COS(=O)(=O)OC(=O)/C(=N\OC(C)(C)C(=O)OC(C)(C)C)c1csc(N)n1.[Cl-]. The summed E-state index contributed by atoms with van der Waals surface area (Å²) in [5.41, 5.74) is 2.39. The molecule has 1 rings (SSSR count). The Bertz CT molecular complexity index is 961. The van der Waals surface area contributed by atoms with Crippen molar-refractivity contribution in [2.75, 3.05) is 19.8 Å². The summed E-state index contributed by atoms with van der Waals surface area (Å²) in [6.07, 6.45) is 0.808. The van der Waals surface area contributed by atoms with E-state index in [0.717, 1.165) is 17.7 Å². The fraction of sp³-hybridized carbons (Fsp3) is 0.562. The second-order valence-electron chi connectivity index (χ2n) is 7.56. The number of oxime groups is 1. The maximum absolute atomic E-state index is 12.4. The Balaban J connectivity index is 0.00000900. The average Bonchev–Trinajstić information content (AvgIpc) is 2.97. The molecule has 0 aliphatic rings. The number of hydrogen-bond donors (Lipinski definition) is 1. The monoisotopic (exact) mass is 500 g/mol. The molecule has 0 radical (unpaired) electrons. The van der Waals surface area contributed by atoms with Crippen LogP contribution in [0.15, 0.2) is 10.5 Å². The molecule has 0 saturated carbocycles. The molecule has 2 N–H and O–H groups in total. The number of aromatic nitrogens is 1. The molecule has 1 aromatic heterocycles. The Kier molecular flexibility index (Phi) is 9.88. The fourth-order valence-electron chi connectivity index (χ4n) is 1.47. The Morgan fingerprint density at radius 1 is 1.23 bits per heavy atom. The van der Waals surface area contributed by atoms with E-state index in [1.165, 1.54) is 37.9 Å². The minimum atomic E-state index is -4.75. The van der Waals surface area contributed by atoms with Crippen LogP contribution in [0.4, 0.5) is 5.13 Å².